The van der Waals surface area contributed by atoms with Gasteiger partial charge in [0.1, 0.15) is 5.00 Å². The van der Waals surface area contributed by atoms with Crippen molar-refractivity contribution in [2.75, 3.05) is 25.1 Å². The van der Waals surface area contributed by atoms with E-state index in [0.29, 0.717) is 41.5 Å². The Hall–Kier alpha value is -3.33. The first-order chi connectivity index (χ1) is 17.6. The Bertz CT molecular complexity index is 1400. The summed E-state index contributed by atoms with van der Waals surface area (Å²) in [5, 5.41) is 4.20. The van der Waals surface area contributed by atoms with Crippen LogP contribution >= 0.6 is 23.7 Å². The molecule has 4 aromatic rings. The van der Waals surface area contributed by atoms with Crippen LogP contribution in [0.3, 0.4) is 0 Å². The summed E-state index contributed by atoms with van der Waals surface area (Å²) in [5.41, 5.74) is 3.18. The van der Waals surface area contributed by atoms with Gasteiger partial charge in [-0.15, -0.1) is 23.7 Å². The highest BCUT2D eigenvalue weighted by atomic mass is 35.5. The second kappa shape index (κ2) is 11.8. The van der Waals surface area contributed by atoms with Gasteiger partial charge in [0, 0.05) is 29.9 Å². The predicted molar refractivity (Wildman–Crippen MR) is 147 cm³/mol. The molecule has 0 saturated carbocycles. The van der Waals surface area contributed by atoms with Crippen molar-refractivity contribution in [3.05, 3.63) is 81.9 Å². The lowest BCUT2D eigenvalue weighted by molar-refractivity contribution is 0.0526. The molecule has 0 fully saturated rings. The highest BCUT2D eigenvalue weighted by Gasteiger charge is 2.30. The molecule has 2 aromatic carbocycles. The van der Waals surface area contributed by atoms with Gasteiger partial charge in [0.2, 0.25) is 0 Å². The topological polar surface area (TPSA) is 81.0 Å². The molecule has 1 N–H and O–H groups in total. The van der Waals surface area contributed by atoms with E-state index in [1.807, 2.05) is 43.3 Å². The third-order valence-corrected chi connectivity index (χ3v) is 7.26. The summed E-state index contributed by atoms with van der Waals surface area (Å²) in [5.74, 6) is -0.0839. The molecule has 0 bridgehead atoms. The molecule has 1 amide bonds. The molecule has 0 aliphatic carbocycles. The minimum absolute atomic E-state index is 0. The Labute approximate surface area is 225 Å². The van der Waals surface area contributed by atoms with Gasteiger partial charge in [0.05, 0.1) is 18.8 Å². The van der Waals surface area contributed by atoms with Crippen molar-refractivity contribution in [3.8, 4) is 5.75 Å². The monoisotopic (exact) mass is 540 g/mol. The summed E-state index contributed by atoms with van der Waals surface area (Å²) in [6.45, 7) is 6.79. The Balaban J connectivity index is 0.00000320. The number of rotatable bonds is 8. The summed E-state index contributed by atoms with van der Waals surface area (Å²) >= 11 is 1.43. The number of halogens is 1. The molecule has 0 saturated heterocycles. The first kappa shape index (κ1) is 26.7. The molecular weight excluding hydrogens is 512 g/mol. The van der Waals surface area contributed by atoms with Gasteiger partial charge < -0.3 is 19.2 Å². The molecule has 2 aromatic heterocycles. The number of esters is 1. The first-order valence-corrected chi connectivity index (χ1v) is 12.9. The molecule has 1 aliphatic heterocycles. The molecule has 1 aliphatic rings. The van der Waals surface area contributed by atoms with Gasteiger partial charge in [-0.2, -0.15) is 0 Å². The molecule has 0 unspecified atom stereocenters. The second-order valence-electron chi connectivity index (χ2n) is 8.55. The van der Waals surface area contributed by atoms with Gasteiger partial charge in [0.15, 0.2) is 17.1 Å². The van der Waals surface area contributed by atoms with Crippen LogP contribution in [0.2, 0.25) is 0 Å². The number of hydrogen-bond donors (Lipinski definition) is 1. The number of thiophene rings is 1. The number of fused-ring (bicyclic) bond motifs is 2. The summed E-state index contributed by atoms with van der Waals surface area (Å²) in [7, 11) is 0. The average Bonchev–Trinajstić information content (AvgIpc) is 3.47. The lowest BCUT2D eigenvalue weighted by Crippen LogP contribution is -2.29. The van der Waals surface area contributed by atoms with Crippen molar-refractivity contribution < 1.29 is 23.5 Å². The van der Waals surface area contributed by atoms with Crippen molar-refractivity contribution >= 4 is 51.6 Å². The summed E-state index contributed by atoms with van der Waals surface area (Å²) in [6, 6.07) is 17.5. The van der Waals surface area contributed by atoms with Gasteiger partial charge in [-0.3, -0.25) is 9.69 Å². The normalized spacial score (nSPS) is 13.0. The number of carbonyl (C=O) groups excluding carboxylic acids is 2. The average molecular weight is 541 g/mol. The Morgan fingerprint density at radius 3 is 2.65 bits per heavy atom. The molecule has 194 valence electrons. The van der Waals surface area contributed by atoms with Gasteiger partial charge >= 0.3 is 5.97 Å². The van der Waals surface area contributed by atoms with Crippen LogP contribution in [0.1, 0.15) is 50.8 Å². The number of anilines is 1. The van der Waals surface area contributed by atoms with E-state index in [2.05, 4.69) is 22.3 Å². The first-order valence-electron chi connectivity index (χ1n) is 12.1. The molecule has 3 heterocycles. The van der Waals surface area contributed by atoms with E-state index >= 15 is 0 Å². The fraction of sp³-hybridized carbons (Fsp3) is 0.286. The van der Waals surface area contributed by atoms with E-state index in [-0.39, 0.29) is 24.8 Å². The Kier molecular flexibility index (Phi) is 8.53. The summed E-state index contributed by atoms with van der Waals surface area (Å²) < 4.78 is 16.8. The van der Waals surface area contributed by atoms with Crippen LogP contribution in [0.4, 0.5) is 5.00 Å². The van der Waals surface area contributed by atoms with Crippen LogP contribution in [0, 0.1) is 0 Å². The maximum atomic E-state index is 13.2. The van der Waals surface area contributed by atoms with E-state index in [9.17, 15) is 9.59 Å². The minimum Gasteiger partial charge on any atom is -0.490 e. The fourth-order valence-electron chi connectivity index (χ4n) is 4.52. The van der Waals surface area contributed by atoms with Gasteiger partial charge in [0.25, 0.3) is 5.91 Å². The van der Waals surface area contributed by atoms with Crippen LogP contribution in [0.15, 0.2) is 59.0 Å². The third-order valence-electron chi connectivity index (χ3n) is 6.12. The van der Waals surface area contributed by atoms with Gasteiger partial charge in [-0.05, 0) is 43.5 Å². The molecule has 7 nitrogen and oxygen atoms in total. The van der Waals surface area contributed by atoms with Crippen molar-refractivity contribution in [1.82, 2.24) is 4.90 Å². The number of carbonyl (C=O) groups is 2. The summed E-state index contributed by atoms with van der Waals surface area (Å²) in [4.78, 5) is 29.5. The zero-order valence-electron chi connectivity index (χ0n) is 20.7. The quantitative estimate of drug-likeness (QED) is 0.264. The van der Waals surface area contributed by atoms with E-state index in [1.54, 1.807) is 13.0 Å². The second-order valence-corrected chi connectivity index (χ2v) is 9.65. The number of amides is 1. The highest BCUT2D eigenvalue weighted by molar-refractivity contribution is 7.17. The van der Waals surface area contributed by atoms with Crippen molar-refractivity contribution in [1.29, 1.82) is 0 Å². The number of benzene rings is 2. The van der Waals surface area contributed by atoms with E-state index < -0.39 is 11.9 Å². The maximum Gasteiger partial charge on any atom is 0.341 e. The fourth-order valence-corrected chi connectivity index (χ4v) is 5.80. The van der Waals surface area contributed by atoms with E-state index in [4.69, 9.17) is 13.9 Å². The van der Waals surface area contributed by atoms with Crippen LogP contribution < -0.4 is 10.1 Å². The smallest absolute Gasteiger partial charge is 0.341 e. The van der Waals surface area contributed by atoms with Crippen molar-refractivity contribution in [2.24, 2.45) is 0 Å². The number of para-hydroxylation sites is 1. The molecular formula is C28H29ClN2O5S. The van der Waals surface area contributed by atoms with Crippen molar-refractivity contribution in [2.45, 2.75) is 33.4 Å². The van der Waals surface area contributed by atoms with Crippen molar-refractivity contribution in [3.63, 3.8) is 0 Å². The number of nitrogens with one attached hydrogen (secondary N) is 1. The molecule has 37 heavy (non-hydrogen) atoms. The van der Waals surface area contributed by atoms with Crippen LogP contribution in [-0.4, -0.2) is 36.5 Å². The molecule has 0 spiro atoms. The predicted octanol–water partition coefficient (Wildman–Crippen LogP) is 6.30. The standard InChI is InChI=1S/C28H28N2O5S.ClH/c1-3-33-21-12-8-11-19-15-22(35-25(19)21)26(31)29-27-24(28(32)34-4-2)20-13-14-30(17-23(20)36-27)16-18-9-6-5-7-10-18;/h5-12,15H,3-4,13-14,16-17H2,1-2H3,(H,29,31);1H. The van der Waals surface area contributed by atoms with Crippen LogP contribution in [-0.2, 0) is 24.2 Å². The lowest BCUT2D eigenvalue weighted by Gasteiger charge is -2.27. The molecule has 0 radical (unpaired) electrons. The van der Waals surface area contributed by atoms with Crippen LogP contribution in [0.5, 0.6) is 5.75 Å². The SMILES string of the molecule is CCOC(=O)c1c(NC(=O)c2cc3cccc(OCC)c3o2)sc2c1CCN(Cc1ccccc1)C2.Cl. The molecule has 9 heteroatoms. The zero-order chi connectivity index (χ0) is 25.1. The van der Waals surface area contributed by atoms with E-state index in [0.717, 1.165) is 28.9 Å². The van der Waals surface area contributed by atoms with E-state index in [1.165, 1.54) is 16.9 Å². The Morgan fingerprint density at radius 2 is 1.89 bits per heavy atom. The number of furan rings is 1. The number of hydrogen-bond acceptors (Lipinski definition) is 7. The largest absolute Gasteiger partial charge is 0.490 e. The van der Waals surface area contributed by atoms with Gasteiger partial charge in [-0.1, -0.05) is 42.5 Å². The maximum absolute atomic E-state index is 13.2. The van der Waals surface area contributed by atoms with Crippen LogP contribution in [0.25, 0.3) is 11.0 Å². The lowest BCUT2D eigenvalue weighted by atomic mass is 10.0. The minimum atomic E-state index is -0.418. The zero-order valence-corrected chi connectivity index (χ0v) is 22.4. The van der Waals surface area contributed by atoms with Gasteiger partial charge in [-0.25, -0.2) is 4.79 Å². The summed E-state index contributed by atoms with van der Waals surface area (Å²) in [6.07, 6.45) is 0.713. The Morgan fingerprint density at radius 1 is 1.08 bits per heavy atom. The third kappa shape index (κ3) is 5.66. The number of nitrogens with zero attached hydrogens (tertiary/aromatic N) is 1. The number of ether oxygens (including phenoxy) is 2. The highest BCUT2D eigenvalue weighted by Crippen LogP contribution is 2.38. The molecule has 5 rings (SSSR count). The molecule has 0 atom stereocenters.